The molecule has 0 aromatic heterocycles. The molecule has 4 heteroatoms. The first-order valence-electron chi connectivity index (χ1n) is 4.96. The summed E-state index contributed by atoms with van der Waals surface area (Å²) >= 11 is 0. The lowest BCUT2D eigenvalue weighted by atomic mass is 10.1. The summed E-state index contributed by atoms with van der Waals surface area (Å²) < 4.78 is 0. The fourth-order valence-electron chi connectivity index (χ4n) is 1.02. The molecule has 0 unspecified atom stereocenters. The van der Waals surface area contributed by atoms with Crippen LogP contribution in [0.15, 0.2) is 29.4 Å². The van der Waals surface area contributed by atoms with Crippen LogP contribution in [0.1, 0.15) is 36.7 Å². The molecule has 80 valence electrons. The summed E-state index contributed by atoms with van der Waals surface area (Å²) in [5.74, 6) is -0.530. The molecule has 0 atom stereocenters. The molecule has 0 bridgehead atoms. The van der Waals surface area contributed by atoms with Gasteiger partial charge in [-0.05, 0) is 28.7 Å². The van der Waals surface area contributed by atoms with E-state index < -0.39 is 5.91 Å². The molecule has 1 rings (SSSR count). The standard InChI is InChI=1S/C9H9N3O.C2H6/c1-2-7-4-3-5-8(6-7)9(13)11-12-10;1-2/h3-6H,2H2,1H3;1-2H3. The monoisotopic (exact) mass is 205 g/mol. The minimum atomic E-state index is -0.530. The van der Waals surface area contributed by atoms with Gasteiger partial charge in [-0.25, -0.2) is 0 Å². The van der Waals surface area contributed by atoms with Crippen molar-refractivity contribution in [2.24, 2.45) is 5.11 Å². The Bertz CT molecular complexity index is 368. The summed E-state index contributed by atoms with van der Waals surface area (Å²) in [6.07, 6.45) is 0.859. The van der Waals surface area contributed by atoms with Crippen molar-refractivity contribution in [3.63, 3.8) is 0 Å². The first-order valence-corrected chi connectivity index (χ1v) is 4.96. The van der Waals surface area contributed by atoms with Crippen LogP contribution in [0.2, 0.25) is 0 Å². The van der Waals surface area contributed by atoms with Crippen molar-refractivity contribution in [2.45, 2.75) is 27.2 Å². The van der Waals surface area contributed by atoms with Gasteiger partial charge >= 0.3 is 0 Å². The summed E-state index contributed by atoms with van der Waals surface area (Å²) in [6, 6.07) is 7.07. The zero-order valence-corrected chi connectivity index (χ0v) is 9.27. The molecule has 1 aromatic carbocycles. The fraction of sp³-hybridized carbons (Fsp3) is 0.364. The van der Waals surface area contributed by atoms with Crippen molar-refractivity contribution in [2.75, 3.05) is 0 Å². The van der Waals surface area contributed by atoms with Crippen LogP contribution in [0, 0.1) is 0 Å². The van der Waals surface area contributed by atoms with Crippen LogP contribution in [-0.4, -0.2) is 5.91 Å². The lowest BCUT2D eigenvalue weighted by molar-refractivity contribution is 0.100. The van der Waals surface area contributed by atoms with Gasteiger partial charge in [0.15, 0.2) is 0 Å². The Morgan fingerprint density at radius 3 is 2.67 bits per heavy atom. The highest BCUT2D eigenvalue weighted by Crippen LogP contribution is 2.07. The average molecular weight is 205 g/mol. The van der Waals surface area contributed by atoms with Gasteiger partial charge in [-0.2, -0.15) is 0 Å². The maximum atomic E-state index is 11.1. The second-order valence-corrected chi connectivity index (χ2v) is 2.55. The topological polar surface area (TPSA) is 65.8 Å². The van der Waals surface area contributed by atoms with E-state index in [-0.39, 0.29) is 0 Å². The first-order chi connectivity index (χ1) is 7.27. The molecule has 0 saturated heterocycles. The Hall–Kier alpha value is -1.80. The number of hydrogen-bond donors (Lipinski definition) is 0. The highest BCUT2D eigenvalue weighted by molar-refractivity contribution is 5.94. The molecule has 4 nitrogen and oxygen atoms in total. The van der Waals surface area contributed by atoms with Crippen molar-refractivity contribution in [1.82, 2.24) is 0 Å². The maximum Gasteiger partial charge on any atom is 0.249 e. The van der Waals surface area contributed by atoms with E-state index in [2.05, 4.69) is 10.0 Å². The van der Waals surface area contributed by atoms with Gasteiger partial charge in [0, 0.05) is 10.5 Å². The smallest absolute Gasteiger partial charge is 0.249 e. The second kappa shape index (κ2) is 7.59. The van der Waals surface area contributed by atoms with Crippen LogP contribution in [0.25, 0.3) is 10.4 Å². The lowest BCUT2D eigenvalue weighted by Gasteiger charge is -1.97. The predicted octanol–water partition coefficient (Wildman–Crippen LogP) is 3.73. The molecule has 1 amide bonds. The molecule has 0 aliphatic heterocycles. The van der Waals surface area contributed by atoms with E-state index in [4.69, 9.17) is 5.53 Å². The Kier molecular flexibility index (Phi) is 6.68. The Morgan fingerprint density at radius 1 is 1.47 bits per heavy atom. The van der Waals surface area contributed by atoms with Crippen LogP contribution in [0.3, 0.4) is 0 Å². The molecule has 15 heavy (non-hydrogen) atoms. The zero-order valence-electron chi connectivity index (χ0n) is 9.27. The van der Waals surface area contributed by atoms with Crippen LogP contribution in [0.4, 0.5) is 0 Å². The van der Waals surface area contributed by atoms with E-state index in [1.54, 1.807) is 18.2 Å². The number of carbonyl (C=O) groups is 1. The normalized spacial score (nSPS) is 8.20. The Labute approximate surface area is 89.6 Å². The van der Waals surface area contributed by atoms with Crippen molar-refractivity contribution >= 4 is 5.91 Å². The predicted molar refractivity (Wildman–Crippen MR) is 60.6 cm³/mol. The minimum Gasteiger partial charge on any atom is -0.287 e. The fourth-order valence-corrected chi connectivity index (χ4v) is 1.02. The van der Waals surface area contributed by atoms with Gasteiger partial charge in [0.25, 0.3) is 0 Å². The number of hydrogen-bond acceptors (Lipinski definition) is 1. The third-order valence-electron chi connectivity index (χ3n) is 1.72. The van der Waals surface area contributed by atoms with Crippen LogP contribution in [-0.2, 0) is 6.42 Å². The van der Waals surface area contributed by atoms with Crippen molar-refractivity contribution in [1.29, 1.82) is 0 Å². The SMILES string of the molecule is CC.CCc1cccc(C(=O)N=[N+]=[N-])c1. The van der Waals surface area contributed by atoms with E-state index in [0.717, 1.165) is 12.0 Å². The maximum absolute atomic E-state index is 11.1. The van der Waals surface area contributed by atoms with Gasteiger partial charge in [0.1, 0.15) is 0 Å². The molecule has 0 saturated carbocycles. The largest absolute Gasteiger partial charge is 0.287 e. The summed E-state index contributed by atoms with van der Waals surface area (Å²) in [7, 11) is 0. The number of benzene rings is 1. The van der Waals surface area contributed by atoms with Gasteiger partial charge in [-0.3, -0.25) is 4.79 Å². The van der Waals surface area contributed by atoms with Crippen molar-refractivity contribution in [3.05, 3.63) is 45.8 Å². The van der Waals surface area contributed by atoms with E-state index in [0.29, 0.717) is 5.56 Å². The third-order valence-corrected chi connectivity index (χ3v) is 1.72. The number of azide groups is 1. The number of amides is 1. The molecular weight excluding hydrogens is 190 g/mol. The van der Waals surface area contributed by atoms with Gasteiger partial charge < -0.3 is 0 Å². The number of carbonyl (C=O) groups excluding carboxylic acids is 1. The molecule has 0 radical (unpaired) electrons. The van der Waals surface area contributed by atoms with Gasteiger partial charge in [0.2, 0.25) is 5.91 Å². The molecule has 0 aliphatic carbocycles. The van der Waals surface area contributed by atoms with Crippen molar-refractivity contribution in [3.8, 4) is 0 Å². The number of rotatable bonds is 2. The molecule has 0 N–H and O–H groups in total. The van der Waals surface area contributed by atoms with Gasteiger partial charge in [0.05, 0.1) is 0 Å². The van der Waals surface area contributed by atoms with E-state index in [9.17, 15) is 4.79 Å². The van der Waals surface area contributed by atoms with Crippen molar-refractivity contribution < 1.29 is 4.79 Å². The summed E-state index contributed by atoms with van der Waals surface area (Å²) in [6.45, 7) is 6.00. The molecule has 0 aliphatic rings. The average Bonchev–Trinajstić information content (AvgIpc) is 2.32. The minimum absolute atomic E-state index is 0.442. The summed E-state index contributed by atoms with van der Waals surface area (Å²) in [4.78, 5) is 13.5. The first kappa shape index (κ1) is 13.2. The molecule has 0 heterocycles. The molecular formula is C11H15N3O. The van der Waals surface area contributed by atoms with E-state index in [1.165, 1.54) is 0 Å². The highest BCUT2D eigenvalue weighted by Gasteiger charge is 2.01. The zero-order chi connectivity index (χ0) is 11.7. The van der Waals surface area contributed by atoms with Crippen LogP contribution >= 0.6 is 0 Å². The van der Waals surface area contributed by atoms with Gasteiger partial charge in [-0.15, -0.1) is 0 Å². The number of aryl methyl sites for hydroxylation is 1. The molecule has 0 spiro atoms. The van der Waals surface area contributed by atoms with E-state index in [1.807, 2.05) is 26.8 Å². The quantitative estimate of drug-likeness (QED) is 0.412. The highest BCUT2D eigenvalue weighted by atomic mass is 16.1. The van der Waals surface area contributed by atoms with Crippen LogP contribution in [0.5, 0.6) is 0 Å². The van der Waals surface area contributed by atoms with Gasteiger partial charge in [-0.1, -0.05) is 39.0 Å². The van der Waals surface area contributed by atoms with E-state index >= 15 is 0 Å². The second-order valence-electron chi connectivity index (χ2n) is 2.55. The molecule has 1 aromatic rings. The summed E-state index contributed by atoms with van der Waals surface area (Å²) in [5.41, 5.74) is 9.56. The summed E-state index contributed by atoms with van der Waals surface area (Å²) in [5, 5.41) is 3.01. The lowest BCUT2D eigenvalue weighted by Crippen LogP contribution is -1.94. The Morgan fingerprint density at radius 2 is 2.13 bits per heavy atom. The molecule has 0 fully saturated rings. The Balaban J connectivity index is 0.000000921. The third kappa shape index (κ3) is 4.29. The van der Waals surface area contributed by atoms with Crippen LogP contribution < -0.4 is 0 Å². The number of nitrogens with zero attached hydrogens (tertiary/aromatic N) is 3.